The number of hydrogen-bond donors (Lipinski definition) is 1. The summed E-state index contributed by atoms with van der Waals surface area (Å²) >= 11 is 6.55. The molecule has 172 valence electrons. The van der Waals surface area contributed by atoms with E-state index >= 15 is 0 Å². The molecule has 10 heteroatoms. The molecule has 3 heterocycles. The topological polar surface area (TPSA) is 107 Å². The number of ether oxygens (including phenoxy) is 1. The number of benzene rings is 2. The number of fused-ring (bicyclic) bond motifs is 1. The van der Waals surface area contributed by atoms with E-state index in [4.69, 9.17) is 21.3 Å². The molecule has 0 bridgehead atoms. The van der Waals surface area contributed by atoms with Gasteiger partial charge in [-0.3, -0.25) is 0 Å². The van der Waals surface area contributed by atoms with Gasteiger partial charge in [0.15, 0.2) is 5.65 Å². The zero-order valence-corrected chi connectivity index (χ0v) is 19.6. The minimum Gasteiger partial charge on any atom is -0.489 e. The van der Waals surface area contributed by atoms with Crippen LogP contribution in [-0.2, 0) is 19.6 Å². The van der Waals surface area contributed by atoms with Gasteiger partial charge in [-0.25, -0.2) is 15.0 Å². The number of halogens is 1. The van der Waals surface area contributed by atoms with E-state index in [0.29, 0.717) is 29.6 Å². The average molecular weight is 475 g/mol. The number of hydrogen-bond acceptors (Lipinski definition) is 7. The lowest BCUT2D eigenvalue weighted by Gasteiger charge is -2.11. The molecule has 0 spiro atoms. The molecule has 0 saturated carbocycles. The van der Waals surface area contributed by atoms with Crippen molar-refractivity contribution in [2.24, 2.45) is 0 Å². The van der Waals surface area contributed by atoms with Crippen LogP contribution in [-0.4, -0.2) is 40.1 Å². The molecule has 0 saturated heterocycles. The smallest absolute Gasteiger partial charge is 0.206 e. The number of aryl methyl sites for hydroxylation is 2. The van der Waals surface area contributed by atoms with Crippen LogP contribution in [0.5, 0.6) is 5.75 Å². The Bertz CT molecular complexity index is 1410. The van der Waals surface area contributed by atoms with Crippen LogP contribution < -0.4 is 4.74 Å². The quantitative estimate of drug-likeness (QED) is 0.351. The van der Waals surface area contributed by atoms with E-state index in [2.05, 4.69) is 54.2 Å². The molecule has 0 aliphatic carbocycles. The number of aromatic nitrogens is 8. The van der Waals surface area contributed by atoms with Crippen LogP contribution in [0.1, 0.15) is 36.0 Å². The molecule has 0 aliphatic rings. The third-order valence-electron chi connectivity index (χ3n) is 5.59. The second-order valence-corrected chi connectivity index (χ2v) is 8.32. The van der Waals surface area contributed by atoms with Crippen LogP contribution in [0.3, 0.4) is 0 Å². The van der Waals surface area contributed by atoms with Gasteiger partial charge in [-0.05, 0) is 42.3 Å². The van der Waals surface area contributed by atoms with Crippen LogP contribution in [0.2, 0.25) is 5.02 Å². The molecule has 0 radical (unpaired) electrons. The van der Waals surface area contributed by atoms with Gasteiger partial charge in [0, 0.05) is 17.5 Å². The van der Waals surface area contributed by atoms with Crippen LogP contribution in [0.4, 0.5) is 0 Å². The number of rotatable bonds is 8. The van der Waals surface area contributed by atoms with Crippen molar-refractivity contribution in [2.45, 2.75) is 39.8 Å². The van der Waals surface area contributed by atoms with Crippen LogP contribution in [0, 0.1) is 6.92 Å². The van der Waals surface area contributed by atoms with Crippen molar-refractivity contribution in [3.05, 3.63) is 76.5 Å². The summed E-state index contributed by atoms with van der Waals surface area (Å²) < 4.78 is 8.17. The van der Waals surface area contributed by atoms with E-state index in [1.807, 2.05) is 37.3 Å². The summed E-state index contributed by atoms with van der Waals surface area (Å²) in [5, 5.41) is 14.6. The van der Waals surface area contributed by atoms with Gasteiger partial charge in [-0.15, -0.1) is 10.2 Å². The maximum atomic E-state index is 6.55. The van der Waals surface area contributed by atoms with E-state index < -0.39 is 0 Å². The molecule has 0 amide bonds. The summed E-state index contributed by atoms with van der Waals surface area (Å²) in [5.74, 6) is 2.23. The highest BCUT2D eigenvalue weighted by Crippen LogP contribution is 2.29. The standard InChI is InChI=1S/C24H23ClN8O/c1-3-5-20-28-22-15(2)26-14-27-24(22)33(20)12-16-8-10-18(11-9-16)34-13-17-6-4-7-19(21(17)25)23-29-31-32-30-23/h4,6-11,14H,3,5,12-13H2,1-2H3,(H,29,30,31,32). The Morgan fingerprint density at radius 3 is 2.71 bits per heavy atom. The van der Waals surface area contributed by atoms with Gasteiger partial charge in [-0.2, -0.15) is 5.21 Å². The second-order valence-electron chi connectivity index (χ2n) is 7.94. The lowest BCUT2D eigenvalue weighted by Crippen LogP contribution is -2.06. The number of tetrazole rings is 1. The predicted molar refractivity (Wildman–Crippen MR) is 129 cm³/mol. The van der Waals surface area contributed by atoms with Gasteiger partial charge in [0.1, 0.15) is 30.0 Å². The highest BCUT2D eigenvalue weighted by atomic mass is 35.5. The molecular weight excluding hydrogens is 452 g/mol. The first-order valence-electron chi connectivity index (χ1n) is 11.0. The molecule has 2 aromatic carbocycles. The summed E-state index contributed by atoms with van der Waals surface area (Å²) in [6.45, 7) is 5.12. The lowest BCUT2D eigenvalue weighted by molar-refractivity contribution is 0.306. The molecule has 34 heavy (non-hydrogen) atoms. The van der Waals surface area contributed by atoms with Crippen LogP contribution in [0.15, 0.2) is 48.8 Å². The van der Waals surface area contributed by atoms with Gasteiger partial charge in [0.2, 0.25) is 5.82 Å². The summed E-state index contributed by atoms with van der Waals surface area (Å²) in [6.07, 6.45) is 3.50. The molecule has 5 rings (SSSR count). The minimum atomic E-state index is 0.326. The van der Waals surface area contributed by atoms with E-state index in [1.165, 1.54) is 0 Å². The monoisotopic (exact) mass is 474 g/mol. The zero-order valence-electron chi connectivity index (χ0n) is 18.9. The van der Waals surface area contributed by atoms with E-state index in [1.54, 1.807) is 6.33 Å². The van der Waals surface area contributed by atoms with Gasteiger partial charge >= 0.3 is 0 Å². The molecule has 0 atom stereocenters. The Morgan fingerprint density at radius 1 is 1.09 bits per heavy atom. The highest BCUT2D eigenvalue weighted by molar-refractivity contribution is 6.34. The van der Waals surface area contributed by atoms with E-state index in [-0.39, 0.29) is 0 Å². The Labute approximate surface area is 201 Å². The summed E-state index contributed by atoms with van der Waals surface area (Å²) in [5.41, 5.74) is 5.32. The third-order valence-corrected chi connectivity index (χ3v) is 6.04. The van der Waals surface area contributed by atoms with Crippen molar-refractivity contribution in [1.29, 1.82) is 0 Å². The van der Waals surface area contributed by atoms with Crippen molar-refractivity contribution < 1.29 is 4.74 Å². The van der Waals surface area contributed by atoms with Crippen molar-refractivity contribution in [2.75, 3.05) is 0 Å². The maximum Gasteiger partial charge on any atom is 0.206 e. The molecule has 0 unspecified atom stereocenters. The Hall–Kier alpha value is -3.85. The first-order chi connectivity index (χ1) is 16.6. The highest BCUT2D eigenvalue weighted by Gasteiger charge is 2.15. The summed E-state index contributed by atoms with van der Waals surface area (Å²) in [7, 11) is 0. The van der Waals surface area contributed by atoms with Crippen molar-refractivity contribution in [3.8, 4) is 17.1 Å². The Balaban J connectivity index is 1.32. The van der Waals surface area contributed by atoms with Crippen molar-refractivity contribution in [1.82, 2.24) is 40.1 Å². The first kappa shape index (κ1) is 22.0. The number of aromatic amines is 1. The normalized spacial score (nSPS) is 11.3. The number of H-pyrrole nitrogens is 1. The SMILES string of the molecule is CCCc1nc2c(C)ncnc2n1Cc1ccc(OCc2cccc(-c3nn[nH]n3)c2Cl)cc1. The third kappa shape index (κ3) is 4.34. The van der Waals surface area contributed by atoms with Crippen molar-refractivity contribution >= 4 is 22.8 Å². The summed E-state index contributed by atoms with van der Waals surface area (Å²) in [6, 6.07) is 13.7. The number of imidazole rings is 1. The molecule has 5 aromatic rings. The molecule has 0 fully saturated rings. The zero-order chi connectivity index (χ0) is 23.5. The predicted octanol–water partition coefficient (Wildman–Crippen LogP) is 4.55. The van der Waals surface area contributed by atoms with Gasteiger partial charge in [0.25, 0.3) is 0 Å². The fourth-order valence-electron chi connectivity index (χ4n) is 3.85. The maximum absolute atomic E-state index is 6.55. The first-order valence-corrected chi connectivity index (χ1v) is 11.4. The molecule has 0 aliphatic heterocycles. The van der Waals surface area contributed by atoms with E-state index in [9.17, 15) is 0 Å². The number of nitrogens with one attached hydrogen (secondary N) is 1. The molecular formula is C24H23ClN8O. The van der Waals surface area contributed by atoms with Gasteiger partial charge in [-0.1, -0.05) is 42.8 Å². The number of nitrogens with zero attached hydrogens (tertiary/aromatic N) is 7. The molecule has 1 N–H and O–H groups in total. The van der Waals surface area contributed by atoms with E-state index in [0.717, 1.165) is 52.4 Å². The Kier molecular flexibility index (Phi) is 6.18. The van der Waals surface area contributed by atoms with Crippen LogP contribution >= 0.6 is 11.6 Å². The molecule has 3 aromatic heterocycles. The summed E-state index contributed by atoms with van der Waals surface area (Å²) in [4.78, 5) is 13.6. The van der Waals surface area contributed by atoms with Crippen LogP contribution in [0.25, 0.3) is 22.6 Å². The minimum absolute atomic E-state index is 0.326. The second kappa shape index (κ2) is 9.56. The van der Waals surface area contributed by atoms with Gasteiger partial charge in [0.05, 0.1) is 17.3 Å². The van der Waals surface area contributed by atoms with Gasteiger partial charge < -0.3 is 9.30 Å². The molecule has 9 nitrogen and oxygen atoms in total. The fourth-order valence-corrected chi connectivity index (χ4v) is 4.11. The lowest BCUT2D eigenvalue weighted by atomic mass is 10.1. The average Bonchev–Trinajstić information content (AvgIpc) is 3.50. The van der Waals surface area contributed by atoms with Crippen molar-refractivity contribution in [3.63, 3.8) is 0 Å². The fraction of sp³-hybridized carbons (Fsp3) is 0.250. The largest absolute Gasteiger partial charge is 0.489 e. The Morgan fingerprint density at radius 2 is 1.94 bits per heavy atom.